The third kappa shape index (κ3) is 1.50. The molecule has 4 unspecified atom stereocenters. The Labute approximate surface area is 74.6 Å². The number of piperazine rings is 1. The van der Waals surface area contributed by atoms with Crippen molar-refractivity contribution in [1.82, 2.24) is 10.6 Å². The zero-order valence-electron chi connectivity index (χ0n) is 14.2. The van der Waals surface area contributed by atoms with Crippen molar-refractivity contribution in [2.45, 2.75) is 51.7 Å². The summed E-state index contributed by atoms with van der Waals surface area (Å²) in [5.41, 5.74) is 0. The maximum atomic E-state index is 7.99. The molecule has 0 aromatic rings. The fraction of sp³-hybridized carbons (Fsp3) is 1.00. The smallest absolute Gasteiger partial charge is 0.0478 e. The number of rotatable bonds is 0. The van der Waals surface area contributed by atoms with Crippen LogP contribution < -0.4 is 10.6 Å². The molecule has 1 rings (SSSR count). The summed E-state index contributed by atoms with van der Waals surface area (Å²) in [5, 5.41) is 4.95. The largest absolute Gasteiger partial charge is 0.309 e. The lowest BCUT2D eigenvalue weighted by Gasteiger charge is -2.38. The standard InChI is InChI=1S/C8H18N2/c1-5-6(2)10-8(4)7(3)9-5/h5-10H,1-4H3/i1D3,4D3,5D,8D. The number of hydrogen-bond acceptors (Lipinski definition) is 2. The van der Waals surface area contributed by atoms with Gasteiger partial charge in [0, 0.05) is 35.1 Å². The minimum absolute atomic E-state index is 1.00. The van der Waals surface area contributed by atoms with Crippen LogP contribution in [0, 0.1) is 0 Å². The van der Waals surface area contributed by atoms with Gasteiger partial charge in [0.05, 0.1) is 0 Å². The van der Waals surface area contributed by atoms with E-state index in [2.05, 4.69) is 10.6 Å². The van der Waals surface area contributed by atoms with Crippen molar-refractivity contribution in [3.8, 4) is 0 Å². The Morgan fingerprint density at radius 1 is 1.10 bits per heavy atom. The van der Waals surface area contributed by atoms with Crippen LogP contribution in [0.15, 0.2) is 0 Å². The lowest BCUT2D eigenvalue weighted by Crippen LogP contribution is -2.62. The highest BCUT2D eigenvalue weighted by molar-refractivity contribution is 4.89. The van der Waals surface area contributed by atoms with Crippen LogP contribution >= 0.6 is 0 Å². The van der Waals surface area contributed by atoms with Gasteiger partial charge in [-0.25, -0.2) is 0 Å². The molecule has 0 aromatic carbocycles. The molecule has 0 radical (unpaired) electrons. The first-order valence-corrected chi connectivity index (χ1v) is 3.31. The van der Waals surface area contributed by atoms with Crippen molar-refractivity contribution in [3.05, 3.63) is 0 Å². The van der Waals surface area contributed by atoms with E-state index < -0.39 is 37.8 Å². The predicted octanol–water partition coefficient (Wildman–Crippen LogP) is 0.733. The van der Waals surface area contributed by atoms with Gasteiger partial charge in [-0.05, 0) is 27.6 Å². The van der Waals surface area contributed by atoms with Gasteiger partial charge in [0.25, 0.3) is 0 Å². The summed E-state index contributed by atoms with van der Waals surface area (Å²) in [6.07, 6.45) is 0. The van der Waals surface area contributed by atoms with E-state index in [0.29, 0.717) is 0 Å². The van der Waals surface area contributed by atoms with Gasteiger partial charge in [0.15, 0.2) is 0 Å². The fourth-order valence-electron chi connectivity index (χ4n) is 0.861. The average Bonchev–Trinajstić information content (AvgIpc) is 2.11. The first kappa shape index (κ1) is 2.46. The Hall–Kier alpha value is -0.0800. The van der Waals surface area contributed by atoms with Crippen molar-refractivity contribution in [2.24, 2.45) is 0 Å². The summed E-state index contributed by atoms with van der Waals surface area (Å²) < 4.78 is 60.2. The van der Waals surface area contributed by atoms with Gasteiger partial charge in [-0.15, -0.1) is 0 Å². The Bertz CT molecular complexity index is 294. The second-order valence-electron chi connectivity index (χ2n) is 2.56. The highest BCUT2D eigenvalue weighted by Gasteiger charge is 2.25. The van der Waals surface area contributed by atoms with Crippen molar-refractivity contribution in [2.75, 3.05) is 0 Å². The van der Waals surface area contributed by atoms with E-state index in [0.717, 1.165) is 0 Å². The van der Waals surface area contributed by atoms with Gasteiger partial charge in [-0.3, -0.25) is 0 Å². The highest BCUT2D eigenvalue weighted by atomic mass is 15.1. The molecule has 10 heavy (non-hydrogen) atoms. The summed E-state index contributed by atoms with van der Waals surface area (Å²) in [6, 6.07) is -6.02. The first-order chi connectivity index (χ1) is 7.76. The lowest BCUT2D eigenvalue weighted by atomic mass is 10.0. The molecule has 0 saturated carbocycles. The number of hydrogen-bond donors (Lipinski definition) is 2. The Morgan fingerprint density at radius 3 is 1.80 bits per heavy atom. The molecule has 1 aliphatic rings. The van der Waals surface area contributed by atoms with E-state index in [1.807, 2.05) is 0 Å². The van der Waals surface area contributed by atoms with Crippen molar-refractivity contribution in [1.29, 1.82) is 0 Å². The molecule has 2 heteroatoms. The summed E-state index contributed by atoms with van der Waals surface area (Å²) in [5.74, 6) is 0. The number of nitrogens with one attached hydrogen (secondary N) is 2. The second-order valence-corrected chi connectivity index (χ2v) is 2.56. The maximum Gasteiger partial charge on any atom is 0.0478 e. The first-order valence-electron chi connectivity index (χ1n) is 7.31. The summed E-state index contributed by atoms with van der Waals surface area (Å²) in [7, 11) is 0. The van der Waals surface area contributed by atoms with Gasteiger partial charge in [-0.1, -0.05) is 0 Å². The van der Waals surface area contributed by atoms with E-state index in [1.54, 1.807) is 0 Å². The zero-order chi connectivity index (χ0) is 14.6. The molecule has 2 N–H and O–H groups in total. The molecule has 60 valence electrons. The van der Waals surface area contributed by atoms with E-state index in [-0.39, 0.29) is 0 Å². The summed E-state index contributed by atoms with van der Waals surface area (Å²) in [6.45, 7) is -2.45. The van der Waals surface area contributed by atoms with Gasteiger partial charge < -0.3 is 10.6 Å². The van der Waals surface area contributed by atoms with Crippen LogP contribution in [0.4, 0.5) is 0 Å². The van der Waals surface area contributed by atoms with Crippen molar-refractivity contribution in [3.63, 3.8) is 0 Å². The van der Waals surface area contributed by atoms with Crippen LogP contribution in [0.25, 0.3) is 0 Å². The van der Waals surface area contributed by atoms with E-state index in [4.69, 9.17) is 11.0 Å². The molecular formula is C8H18N2. The molecule has 1 heterocycles. The fourth-order valence-corrected chi connectivity index (χ4v) is 0.861. The van der Waals surface area contributed by atoms with Crippen molar-refractivity contribution >= 4 is 0 Å². The average molecular weight is 150 g/mol. The van der Waals surface area contributed by atoms with Crippen LogP contribution in [-0.4, -0.2) is 24.1 Å². The molecule has 4 atom stereocenters. The van der Waals surface area contributed by atoms with Gasteiger partial charge in [0.1, 0.15) is 0 Å². The highest BCUT2D eigenvalue weighted by Crippen LogP contribution is 2.05. The third-order valence-corrected chi connectivity index (χ3v) is 1.61. The Balaban J connectivity index is 3.11. The molecule has 0 amide bonds. The summed E-state index contributed by atoms with van der Waals surface area (Å²) in [4.78, 5) is 0. The van der Waals surface area contributed by atoms with Crippen LogP contribution in [0.3, 0.4) is 0 Å². The summed E-state index contributed by atoms with van der Waals surface area (Å²) >= 11 is 0. The van der Waals surface area contributed by atoms with Crippen molar-refractivity contribution < 1.29 is 11.0 Å². The predicted molar refractivity (Wildman–Crippen MR) is 44.1 cm³/mol. The van der Waals surface area contributed by atoms with Crippen LogP contribution in [-0.2, 0) is 0 Å². The minimum Gasteiger partial charge on any atom is -0.309 e. The SMILES string of the molecule is [2H]C([2H])([2H])C1([2H])NC(C)C([2H])(C([2H])([2H])[2H])NC1C. The Kier molecular flexibility index (Phi) is 0.710. The monoisotopic (exact) mass is 150 g/mol. The zero-order valence-corrected chi connectivity index (χ0v) is 6.15. The molecule has 2 nitrogen and oxygen atoms in total. The second kappa shape index (κ2) is 2.89. The van der Waals surface area contributed by atoms with E-state index in [1.165, 1.54) is 13.8 Å². The van der Waals surface area contributed by atoms with Gasteiger partial charge >= 0.3 is 0 Å². The molecule has 0 aromatic heterocycles. The van der Waals surface area contributed by atoms with Crippen LogP contribution in [0.5, 0.6) is 0 Å². The van der Waals surface area contributed by atoms with Crippen LogP contribution in [0.1, 0.15) is 38.5 Å². The molecule has 0 aliphatic carbocycles. The van der Waals surface area contributed by atoms with Gasteiger partial charge in [-0.2, -0.15) is 0 Å². The molecule has 0 spiro atoms. The molecular weight excluding hydrogens is 124 g/mol. The topological polar surface area (TPSA) is 24.1 Å². The quantitative estimate of drug-likeness (QED) is 0.532. The molecule has 1 saturated heterocycles. The van der Waals surface area contributed by atoms with Crippen LogP contribution in [0.2, 0.25) is 0 Å². The molecule has 1 fully saturated rings. The maximum absolute atomic E-state index is 7.99. The minimum atomic E-state index is -2.62. The molecule has 0 bridgehead atoms. The lowest BCUT2D eigenvalue weighted by molar-refractivity contribution is 0.250. The normalized spacial score (nSPS) is 78.2. The van der Waals surface area contributed by atoms with Gasteiger partial charge in [0.2, 0.25) is 0 Å². The third-order valence-electron chi connectivity index (χ3n) is 1.61. The molecule has 1 aliphatic heterocycles. The van der Waals surface area contributed by atoms with E-state index in [9.17, 15) is 0 Å². The van der Waals surface area contributed by atoms with E-state index >= 15 is 0 Å². The Morgan fingerprint density at radius 2 is 1.50 bits per heavy atom.